The third-order valence-corrected chi connectivity index (χ3v) is 3.71. The maximum Gasteiger partial charge on any atom is 0.191 e. The van der Waals surface area contributed by atoms with Crippen LogP contribution in [-0.4, -0.2) is 24.2 Å². The second kappa shape index (κ2) is 8.45. The number of nitrogens with zero attached hydrogens (tertiary/aromatic N) is 1. The van der Waals surface area contributed by atoms with Crippen molar-refractivity contribution in [2.75, 3.05) is 13.1 Å². The molecule has 24 heavy (non-hydrogen) atoms. The van der Waals surface area contributed by atoms with Crippen LogP contribution in [0.15, 0.2) is 59.6 Å². The molecule has 2 aromatic rings. The van der Waals surface area contributed by atoms with Crippen molar-refractivity contribution in [2.45, 2.75) is 26.0 Å². The molecule has 2 aromatic carbocycles. The molecule has 0 aliphatic carbocycles. The van der Waals surface area contributed by atoms with E-state index >= 15 is 0 Å². The number of hydrogen-bond donors (Lipinski definition) is 3. The molecule has 0 fully saturated rings. The summed E-state index contributed by atoms with van der Waals surface area (Å²) in [7, 11) is 0. The summed E-state index contributed by atoms with van der Waals surface area (Å²) in [5.41, 5.74) is 0.321. The van der Waals surface area contributed by atoms with Crippen LogP contribution in [0.3, 0.4) is 0 Å². The van der Waals surface area contributed by atoms with Gasteiger partial charge in [-0.05, 0) is 25.5 Å². The lowest BCUT2D eigenvalue weighted by Gasteiger charge is -2.25. The first-order chi connectivity index (χ1) is 11.5. The third-order valence-electron chi connectivity index (χ3n) is 3.71. The van der Waals surface area contributed by atoms with Crippen molar-refractivity contribution in [1.82, 2.24) is 10.6 Å². The molecule has 3 N–H and O–H groups in total. The van der Waals surface area contributed by atoms with Crippen LogP contribution in [0.1, 0.15) is 25.0 Å². The Balaban J connectivity index is 2.03. The number of aliphatic imine (C=N–C) groups is 1. The second-order valence-electron chi connectivity index (χ2n) is 5.78. The fourth-order valence-electron chi connectivity index (χ4n) is 2.29. The maximum atomic E-state index is 13.7. The van der Waals surface area contributed by atoms with Crippen LogP contribution in [0.5, 0.6) is 0 Å². The van der Waals surface area contributed by atoms with Crippen molar-refractivity contribution in [3.05, 3.63) is 71.5 Å². The molecule has 0 spiro atoms. The topological polar surface area (TPSA) is 56.7 Å². The van der Waals surface area contributed by atoms with E-state index in [-0.39, 0.29) is 12.4 Å². The predicted octanol–water partition coefficient (Wildman–Crippen LogP) is 2.79. The van der Waals surface area contributed by atoms with Gasteiger partial charge in [0.05, 0.1) is 13.1 Å². The summed E-state index contributed by atoms with van der Waals surface area (Å²) in [5.74, 6) is 0.269. The summed E-state index contributed by atoms with van der Waals surface area (Å²) in [6.45, 7) is 4.90. The predicted molar refractivity (Wildman–Crippen MR) is 95.2 cm³/mol. The number of aliphatic hydroxyl groups is 1. The summed E-state index contributed by atoms with van der Waals surface area (Å²) in [6.07, 6.45) is 0. The van der Waals surface area contributed by atoms with Crippen molar-refractivity contribution in [3.63, 3.8) is 0 Å². The van der Waals surface area contributed by atoms with E-state index in [1.54, 1.807) is 25.1 Å². The van der Waals surface area contributed by atoms with Crippen molar-refractivity contribution in [1.29, 1.82) is 0 Å². The number of nitrogens with one attached hydrogen (secondary N) is 2. The molecule has 5 heteroatoms. The van der Waals surface area contributed by atoms with Crippen molar-refractivity contribution >= 4 is 5.96 Å². The normalized spacial score (nSPS) is 14.1. The van der Waals surface area contributed by atoms with E-state index in [4.69, 9.17) is 0 Å². The van der Waals surface area contributed by atoms with Crippen LogP contribution in [-0.2, 0) is 12.1 Å². The third kappa shape index (κ3) is 5.06. The van der Waals surface area contributed by atoms with Crippen LogP contribution >= 0.6 is 0 Å². The number of hydrogen-bond acceptors (Lipinski definition) is 2. The Bertz CT molecular complexity index is 671. The van der Waals surface area contributed by atoms with Crippen molar-refractivity contribution in [3.8, 4) is 0 Å². The first-order valence-corrected chi connectivity index (χ1v) is 8.06. The highest BCUT2D eigenvalue weighted by Gasteiger charge is 2.22. The molecule has 0 aliphatic rings. The largest absolute Gasteiger partial charge is 0.384 e. The van der Waals surface area contributed by atoms with Crippen LogP contribution in [0.4, 0.5) is 4.39 Å². The zero-order chi connectivity index (χ0) is 17.4. The number of rotatable bonds is 6. The minimum absolute atomic E-state index is 0.232. The summed E-state index contributed by atoms with van der Waals surface area (Å²) in [5, 5.41) is 16.8. The molecule has 0 amide bonds. The molecule has 0 heterocycles. The highest BCUT2D eigenvalue weighted by atomic mass is 19.1. The van der Waals surface area contributed by atoms with Crippen molar-refractivity contribution in [2.24, 2.45) is 4.99 Å². The van der Waals surface area contributed by atoms with E-state index in [1.807, 2.05) is 37.3 Å². The minimum Gasteiger partial charge on any atom is -0.384 e. The zero-order valence-corrected chi connectivity index (χ0v) is 14.1. The first-order valence-electron chi connectivity index (χ1n) is 8.06. The molecule has 0 bridgehead atoms. The Kier molecular flexibility index (Phi) is 6.32. The van der Waals surface area contributed by atoms with Crippen LogP contribution in [0.2, 0.25) is 0 Å². The molecule has 0 radical (unpaired) electrons. The molecule has 1 unspecified atom stereocenters. The smallest absolute Gasteiger partial charge is 0.191 e. The standard InChI is InChI=1S/C19H24FN3O/c1-3-21-18(22-13-15-9-7-8-12-17(15)20)23-14-19(2,24)16-10-5-4-6-11-16/h4-12,24H,3,13-14H2,1-2H3,(H2,21,22,23). The molecule has 0 saturated heterocycles. The number of guanidine groups is 1. The van der Waals surface area contributed by atoms with Gasteiger partial charge in [0.1, 0.15) is 11.4 Å². The second-order valence-corrected chi connectivity index (χ2v) is 5.78. The molecule has 0 saturated carbocycles. The Morgan fingerprint density at radius 3 is 2.42 bits per heavy atom. The molecule has 2 rings (SSSR count). The molecular formula is C19H24FN3O. The number of halogens is 1. The highest BCUT2D eigenvalue weighted by Crippen LogP contribution is 2.18. The van der Waals surface area contributed by atoms with Crippen LogP contribution in [0.25, 0.3) is 0 Å². The van der Waals surface area contributed by atoms with Gasteiger partial charge in [0.15, 0.2) is 5.96 Å². The average Bonchev–Trinajstić information content (AvgIpc) is 2.59. The van der Waals surface area contributed by atoms with Gasteiger partial charge in [0.2, 0.25) is 0 Å². The number of benzene rings is 2. The summed E-state index contributed by atoms with van der Waals surface area (Å²) in [6, 6.07) is 16.0. The van der Waals surface area contributed by atoms with Gasteiger partial charge in [-0.25, -0.2) is 9.38 Å². The monoisotopic (exact) mass is 329 g/mol. The molecule has 0 aromatic heterocycles. The molecule has 1 atom stereocenters. The van der Waals surface area contributed by atoms with Gasteiger partial charge < -0.3 is 15.7 Å². The maximum absolute atomic E-state index is 13.7. The minimum atomic E-state index is -1.03. The van der Waals surface area contributed by atoms with E-state index in [9.17, 15) is 9.50 Å². The zero-order valence-electron chi connectivity index (χ0n) is 14.1. The molecule has 0 aliphatic heterocycles. The average molecular weight is 329 g/mol. The fourth-order valence-corrected chi connectivity index (χ4v) is 2.29. The Morgan fingerprint density at radius 2 is 1.75 bits per heavy atom. The van der Waals surface area contributed by atoms with Gasteiger partial charge in [-0.2, -0.15) is 0 Å². The Morgan fingerprint density at radius 1 is 1.08 bits per heavy atom. The van der Waals surface area contributed by atoms with E-state index in [0.29, 0.717) is 24.6 Å². The lowest BCUT2D eigenvalue weighted by atomic mass is 9.96. The van der Waals surface area contributed by atoms with Gasteiger partial charge in [-0.15, -0.1) is 0 Å². The van der Waals surface area contributed by atoms with E-state index in [1.165, 1.54) is 6.07 Å². The fraction of sp³-hybridized carbons (Fsp3) is 0.316. The summed E-state index contributed by atoms with van der Waals surface area (Å²) >= 11 is 0. The highest BCUT2D eigenvalue weighted by molar-refractivity contribution is 5.79. The lowest BCUT2D eigenvalue weighted by Crippen LogP contribution is -2.44. The SMILES string of the molecule is CCNC(=NCc1ccccc1F)NCC(C)(O)c1ccccc1. The van der Waals surface area contributed by atoms with Gasteiger partial charge in [-0.1, -0.05) is 48.5 Å². The van der Waals surface area contributed by atoms with E-state index in [0.717, 1.165) is 5.56 Å². The van der Waals surface area contributed by atoms with Crippen molar-refractivity contribution < 1.29 is 9.50 Å². The van der Waals surface area contributed by atoms with Crippen LogP contribution in [0, 0.1) is 5.82 Å². The molecule has 128 valence electrons. The Hall–Kier alpha value is -2.40. The van der Waals surface area contributed by atoms with E-state index in [2.05, 4.69) is 15.6 Å². The molecule has 4 nitrogen and oxygen atoms in total. The van der Waals surface area contributed by atoms with Gasteiger partial charge in [0.25, 0.3) is 0 Å². The van der Waals surface area contributed by atoms with Gasteiger partial charge in [-0.3, -0.25) is 0 Å². The molecular weight excluding hydrogens is 305 g/mol. The van der Waals surface area contributed by atoms with Crippen LogP contribution < -0.4 is 10.6 Å². The van der Waals surface area contributed by atoms with Gasteiger partial charge in [0, 0.05) is 12.1 Å². The van der Waals surface area contributed by atoms with Gasteiger partial charge >= 0.3 is 0 Å². The quantitative estimate of drug-likeness (QED) is 0.564. The summed E-state index contributed by atoms with van der Waals surface area (Å²) < 4.78 is 13.7. The Labute approximate surface area is 142 Å². The summed E-state index contributed by atoms with van der Waals surface area (Å²) in [4.78, 5) is 4.38. The first kappa shape index (κ1) is 17.9. The lowest BCUT2D eigenvalue weighted by molar-refractivity contribution is 0.0617. The van der Waals surface area contributed by atoms with E-state index < -0.39 is 5.60 Å².